The first kappa shape index (κ1) is 31.0. The Morgan fingerprint density at radius 1 is 1.10 bits per heavy atom. The molecule has 0 fully saturated rings. The molecule has 40 heavy (non-hydrogen) atoms. The number of rotatable bonds is 10. The average Bonchev–Trinajstić information content (AvgIpc) is 2.87. The van der Waals surface area contributed by atoms with E-state index >= 15 is 0 Å². The Kier molecular flexibility index (Phi) is 9.87. The molecule has 0 aliphatic carbocycles. The fourth-order valence-corrected chi connectivity index (χ4v) is 3.82. The number of nitrogens with zero attached hydrogens (tertiary/aromatic N) is 1. The van der Waals surface area contributed by atoms with Crippen LogP contribution in [0.15, 0.2) is 39.9 Å². The molecule has 3 aromatic rings. The molecule has 0 radical (unpaired) electrons. The number of hydrogen-bond acceptors (Lipinski definition) is 7. The molecule has 9 nitrogen and oxygen atoms in total. The summed E-state index contributed by atoms with van der Waals surface area (Å²) in [4.78, 5) is 38.4. The zero-order valence-corrected chi connectivity index (χ0v) is 22.7. The van der Waals surface area contributed by atoms with E-state index in [1.807, 2.05) is 6.92 Å². The van der Waals surface area contributed by atoms with Gasteiger partial charge in [-0.3, -0.25) is 14.3 Å². The van der Waals surface area contributed by atoms with Crippen LogP contribution in [0, 0.1) is 5.82 Å². The summed E-state index contributed by atoms with van der Waals surface area (Å²) in [7, 11) is 1.95. The van der Waals surface area contributed by atoms with Crippen LogP contribution in [0.25, 0.3) is 11.1 Å². The van der Waals surface area contributed by atoms with Gasteiger partial charge < -0.3 is 18.9 Å². The maximum Gasteiger partial charge on any atom is 0.432 e. The quantitative estimate of drug-likeness (QED) is 0.136. The number of carbonyl (C=O) groups excluding carboxylic acids is 1. The molecular weight excluding hydrogens is 587 g/mol. The van der Waals surface area contributed by atoms with E-state index in [9.17, 15) is 31.9 Å². The number of hydrogen-bond donors (Lipinski definition) is 1. The Morgan fingerprint density at radius 2 is 1.80 bits per heavy atom. The predicted molar refractivity (Wildman–Crippen MR) is 137 cm³/mol. The van der Waals surface area contributed by atoms with Gasteiger partial charge in [-0.25, -0.2) is 14.0 Å². The van der Waals surface area contributed by atoms with Crippen LogP contribution >= 0.6 is 23.2 Å². The Bertz CT molecular complexity index is 1520. The van der Waals surface area contributed by atoms with Crippen molar-refractivity contribution in [3.63, 3.8) is 0 Å². The summed E-state index contributed by atoms with van der Waals surface area (Å²) in [6, 6.07) is 5.29. The first-order valence-electron chi connectivity index (χ1n) is 11.5. The van der Waals surface area contributed by atoms with Crippen molar-refractivity contribution in [2.45, 2.75) is 32.2 Å². The van der Waals surface area contributed by atoms with E-state index in [4.69, 9.17) is 42.1 Å². The molecule has 0 saturated carbocycles. The van der Waals surface area contributed by atoms with E-state index in [0.717, 1.165) is 19.5 Å². The van der Waals surface area contributed by atoms with Crippen LogP contribution in [-0.2, 0) is 27.5 Å². The zero-order chi connectivity index (χ0) is 29.8. The van der Waals surface area contributed by atoms with Crippen LogP contribution < -0.4 is 20.7 Å². The number of alkyl halides is 3. The molecule has 2 aromatic carbocycles. The van der Waals surface area contributed by atoms with Crippen LogP contribution in [0.1, 0.15) is 25.5 Å². The summed E-state index contributed by atoms with van der Waals surface area (Å²) >= 11 is 12.2. The minimum atomic E-state index is -5.21. The minimum Gasteiger partial charge on any atom is -0.461 e. The van der Waals surface area contributed by atoms with Crippen molar-refractivity contribution in [1.29, 1.82) is 0 Å². The lowest BCUT2D eigenvalue weighted by molar-refractivity contribution is -0.173. The normalized spacial score (nSPS) is 12.2. The number of methoxy groups -OCH3 is 1. The number of carbonyl (C=O) groups is 1. The highest BCUT2D eigenvalue weighted by Crippen LogP contribution is 2.41. The highest BCUT2D eigenvalue weighted by atomic mass is 35.5. The van der Waals surface area contributed by atoms with Crippen LogP contribution in [0.3, 0.4) is 0 Å². The second kappa shape index (κ2) is 12.7. The van der Waals surface area contributed by atoms with Crippen molar-refractivity contribution < 1.29 is 41.3 Å². The van der Waals surface area contributed by atoms with E-state index in [1.54, 1.807) is 4.98 Å². The largest absolute Gasteiger partial charge is 0.461 e. The molecule has 0 amide bonds. The topological polar surface area (TPSA) is 109 Å². The Morgan fingerprint density at radius 3 is 2.42 bits per heavy atom. The van der Waals surface area contributed by atoms with Crippen molar-refractivity contribution in [2.24, 2.45) is 7.05 Å². The van der Waals surface area contributed by atoms with Gasteiger partial charge in [0.05, 0.1) is 17.2 Å². The summed E-state index contributed by atoms with van der Waals surface area (Å²) in [5.41, 5.74) is -6.54. The number of unbranched alkanes of at least 4 members (excludes halogenated alkanes) is 1. The first-order valence-corrected chi connectivity index (χ1v) is 12.3. The van der Waals surface area contributed by atoms with Gasteiger partial charge in [-0.05, 0) is 30.7 Å². The van der Waals surface area contributed by atoms with Crippen molar-refractivity contribution in [2.75, 3.05) is 13.7 Å². The van der Waals surface area contributed by atoms with Crippen LogP contribution in [0.4, 0.5) is 17.6 Å². The van der Waals surface area contributed by atoms with Crippen molar-refractivity contribution >= 4 is 29.2 Å². The van der Waals surface area contributed by atoms with E-state index in [2.05, 4.69) is 0 Å². The molecule has 0 spiro atoms. The van der Waals surface area contributed by atoms with Gasteiger partial charge in [0.15, 0.2) is 11.5 Å². The standard InChI is InChI=1S/C25H22Cl2F4N2O7/c1-4-5-8-38-22(35)23(37-3)40-18-9-12(26)6-7-16(18)39-17-10-13(15(28)11-14(17)27)19-20(25(29,30)31)33(2)24(36)32-21(19)34/h6-7,9-11,23H,4-5,8H2,1-3H3,(H,32,34,36). The monoisotopic (exact) mass is 608 g/mol. The fourth-order valence-electron chi connectivity index (χ4n) is 3.47. The number of halogens is 6. The van der Waals surface area contributed by atoms with Gasteiger partial charge in [0.25, 0.3) is 11.8 Å². The maximum absolute atomic E-state index is 14.9. The molecule has 1 atom stereocenters. The summed E-state index contributed by atoms with van der Waals surface area (Å²) in [5.74, 6) is -2.86. The lowest BCUT2D eigenvalue weighted by Gasteiger charge is -2.20. The molecule has 1 heterocycles. The first-order chi connectivity index (χ1) is 18.8. The van der Waals surface area contributed by atoms with E-state index in [0.29, 0.717) is 12.5 Å². The number of benzene rings is 2. The second-order valence-electron chi connectivity index (χ2n) is 8.20. The second-order valence-corrected chi connectivity index (χ2v) is 9.05. The lowest BCUT2D eigenvalue weighted by atomic mass is 10.0. The van der Waals surface area contributed by atoms with Crippen LogP contribution in [0.2, 0.25) is 10.0 Å². The minimum absolute atomic E-state index is 0.121. The Labute approximate surface area is 234 Å². The average molecular weight is 609 g/mol. The number of aromatic amines is 1. The van der Waals surface area contributed by atoms with E-state index in [1.165, 1.54) is 25.3 Å². The number of nitrogens with one attached hydrogen (secondary N) is 1. The van der Waals surface area contributed by atoms with Gasteiger partial charge in [-0.2, -0.15) is 13.2 Å². The number of aromatic nitrogens is 2. The Balaban J connectivity index is 2.08. The third kappa shape index (κ3) is 6.95. The van der Waals surface area contributed by atoms with Crippen molar-refractivity contribution in [3.8, 4) is 28.4 Å². The molecule has 0 aliphatic heterocycles. The van der Waals surface area contributed by atoms with Gasteiger partial charge in [-0.1, -0.05) is 36.5 Å². The molecule has 0 aliphatic rings. The maximum atomic E-state index is 14.9. The summed E-state index contributed by atoms with van der Waals surface area (Å²) in [6.07, 6.45) is -5.37. The molecular formula is C25H22Cl2F4N2O7. The SMILES string of the molecule is CCCCOC(=O)C(OC)Oc1cc(Cl)ccc1Oc1cc(-c2c(C(F)(F)F)n(C)c(=O)[nH]c2=O)c(F)cc1Cl. The molecule has 1 unspecified atom stereocenters. The van der Waals surface area contributed by atoms with Gasteiger partial charge in [0.2, 0.25) is 0 Å². The van der Waals surface area contributed by atoms with E-state index in [-0.39, 0.29) is 32.7 Å². The van der Waals surface area contributed by atoms with Crippen LogP contribution in [0.5, 0.6) is 17.2 Å². The summed E-state index contributed by atoms with van der Waals surface area (Å²) < 4.78 is 78.0. The highest BCUT2D eigenvalue weighted by Gasteiger charge is 2.39. The highest BCUT2D eigenvalue weighted by molar-refractivity contribution is 6.32. The summed E-state index contributed by atoms with van der Waals surface area (Å²) in [6.45, 7) is 2.02. The molecule has 3 rings (SSSR count). The van der Waals surface area contributed by atoms with Crippen LogP contribution in [-0.4, -0.2) is 35.5 Å². The lowest BCUT2D eigenvalue weighted by Crippen LogP contribution is -2.35. The van der Waals surface area contributed by atoms with Gasteiger partial charge in [0.1, 0.15) is 17.3 Å². The number of H-pyrrole nitrogens is 1. The van der Waals surface area contributed by atoms with E-state index < -0.39 is 58.1 Å². The third-order valence-corrected chi connectivity index (χ3v) is 5.92. The number of ether oxygens (including phenoxy) is 4. The Hall–Kier alpha value is -3.55. The zero-order valence-electron chi connectivity index (χ0n) is 21.2. The molecule has 216 valence electrons. The molecule has 1 N–H and O–H groups in total. The number of esters is 1. The van der Waals surface area contributed by atoms with Crippen molar-refractivity contribution in [1.82, 2.24) is 9.55 Å². The molecule has 15 heteroatoms. The molecule has 0 bridgehead atoms. The van der Waals surface area contributed by atoms with Crippen molar-refractivity contribution in [3.05, 3.63) is 72.7 Å². The van der Waals surface area contributed by atoms with Gasteiger partial charge >= 0.3 is 17.8 Å². The summed E-state index contributed by atoms with van der Waals surface area (Å²) in [5, 5.41) is -0.242. The van der Waals surface area contributed by atoms with Gasteiger partial charge in [0, 0.05) is 30.8 Å². The molecule has 1 aromatic heterocycles. The third-order valence-electron chi connectivity index (χ3n) is 5.39. The fraction of sp³-hybridized carbons (Fsp3) is 0.320. The predicted octanol–water partition coefficient (Wildman–Crippen LogP) is 5.69. The smallest absolute Gasteiger partial charge is 0.432 e. The molecule has 0 saturated heterocycles. The van der Waals surface area contributed by atoms with Gasteiger partial charge in [-0.15, -0.1) is 0 Å².